The number of hydrogen-bond donors (Lipinski definition) is 1. The summed E-state index contributed by atoms with van der Waals surface area (Å²) in [5.74, 6) is -0.796. The van der Waals surface area contributed by atoms with Crippen molar-refractivity contribution >= 4 is 29.3 Å². The Morgan fingerprint density at radius 2 is 1.86 bits per heavy atom. The van der Waals surface area contributed by atoms with Crippen LogP contribution in [-0.4, -0.2) is 16.3 Å². The van der Waals surface area contributed by atoms with E-state index >= 15 is 0 Å². The van der Waals surface area contributed by atoms with Gasteiger partial charge in [0.05, 0.1) is 0 Å². The van der Waals surface area contributed by atoms with Gasteiger partial charge in [-0.25, -0.2) is 0 Å². The van der Waals surface area contributed by atoms with Crippen LogP contribution >= 0.6 is 23.4 Å². The summed E-state index contributed by atoms with van der Waals surface area (Å²) in [5.41, 5.74) is 3.36. The molecule has 0 aliphatic rings. The number of benzene rings is 2. The molecule has 110 valence electrons. The second kappa shape index (κ2) is 7.01. The molecule has 1 atom stereocenters. The summed E-state index contributed by atoms with van der Waals surface area (Å²) in [6, 6.07) is 13.4. The zero-order valence-electron chi connectivity index (χ0n) is 12.0. The van der Waals surface area contributed by atoms with Crippen molar-refractivity contribution in [2.75, 3.05) is 0 Å². The summed E-state index contributed by atoms with van der Waals surface area (Å²) in [5, 5.41) is 9.61. The van der Waals surface area contributed by atoms with Crippen LogP contribution in [0.15, 0.2) is 47.4 Å². The standard InChI is InChI=1S/C17H17ClO2S/c1-11-3-4-12(2)13(9-11)10-16(17(19)20)21-15-7-5-14(18)6-8-15/h3-9,16H,10H2,1-2H3,(H,19,20). The van der Waals surface area contributed by atoms with Crippen molar-refractivity contribution in [1.29, 1.82) is 0 Å². The molecule has 0 bridgehead atoms. The maximum Gasteiger partial charge on any atom is 0.317 e. The maximum atomic E-state index is 11.5. The number of hydrogen-bond acceptors (Lipinski definition) is 2. The highest BCUT2D eigenvalue weighted by molar-refractivity contribution is 8.00. The molecule has 0 heterocycles. The van der Waals surface area contributed by atoms with Gasteiger partial charge in [-0.1, -0.05) is 35.4 Å². The van der Waals surface area contributed by atoms with E-state index in [0.717, 1.165) is 21.6 Å². The highest BCUT2D eigenvalue weighted by Gasteiger charge is 2.20. The molecular formula is C17H17ClO2S. The summed E-state index contributed by atoms with van der Waals surface area (Å²) in [6.07, 6.45) is 0.510. The normalized spacial score (nSPS) is 12.1. The molecule has 0 aliphatic heterocycles. The zero-order chi connectivity index (χ0) is 15.4. The molecule has 0 amide bonds. The van der Waals surface area contributed by atoms with Crippen molar-refractivity contribution in [3.05, 3.63) is 64.2 Å². The molecule has 0 spiro atoms. The molecule has 21 heavy (non-hydrogen) atoms. The van der Waals surface area contributed by atoms with Gasteiger partial charge in [-0.15, -0.1) is 11.8 Å². The molecule has 1 unspecified atom stereocenters. The first-order chi connectivity index (χ1) is 9.95. The Hall–Kier alpha value is -1.45. The molecule has 1 N–H and O–H groups in total. The Morgan fingerprint density at radius 1 is 1.19 bits per heavy atom. The summed E-state index contributed by atoms with van der Waals surface area (Å²) in [4.78, 5) is 12.4. The van der Waals surface area contributed by atoms with E-state index in [4.69, 9.17) is 11.6 Å². The van der Waals surface area contributed by atoms with Gasteiger partial charge >= 0.3 is 5.97 Å². The first-order valence-electron chi connectivity index (χ1n) is 6.67. The predicted molar refractivity (Wildman–Crippen MR) is 88.4 cm³/mol. The first kappa shape index (κ1) is 15.9. The van der Waals surface area contributed by atoms with Crippen molar-refractivity contribution in [3.8, 4) is 0 Å². The van der Waals surface area contributed by atoms with Gasteiger partial charge in [-0.05, 0) is 55.7 Å². The summed E-state index contributed by atoms with van der Waals surface area (Å²) in [6.45, 7) is 4.03. The molecule has 2 rings (SSSR count). The monoisotopic (exact) mass is 320 g/mol. The number of carboxylic acid groups (broad SMARTS) is 1. The third kappa shape index (κ3) is 4.51. The van der Waals surface area contributed by atoms with Crippen LogP contribution in [0.3, 0.4) is 0 Å². The number of thioether (sulfide) groups is 1. The van der Waals surface area contributed by atoms with Crippen LogP contribution in [0.5, 0.6) is 0 Å². The highest BCUT2D eigenvalue weighted by atomic mass is 35.5. The second-order valence-corrected chi connectivity index (χ2v) is 6.75. The fourth-order valence-corrected chi connectivity index (χ4v) is 3.19. The third-order valence-electron chi connectivity index (χ3n) is 3.28. The quantitative estimate of drug-likeness (QED) is 0.808. The molecule has 0 aliphatic carbocycles. The van der Waals surface area contributed by atoms with Crippen LogP contribution in [0.1, 0.15) is 16.7 Å². The lowest BCUT2D eigenvalue weighted by atomic mass is 10.0. The molecule has 0 aromatic heterocycles. The van der Waals surface area contributed by atoms with Crippen molar-refractivity contribution in [2.45, 2.75) is 30.4 Å². The van der Waals surface area contributed by atoms with Gasteiger partial charge in [0.2, 0.25) is 0 Å². The minimum atomic E-state index is -0.796. The first-order valence-corrected chi connectivity index (χ1v) is 7.92. The van der Waals surface area contributed by atoms with E-state index in [1.807, 2.05) is 38.1 Å². The minimum Gasteiger partial charge on any atom is -0.480 e. The Kier molecular flexibility index (Phi) is 5.32. The van der Waals surface area contributed by atoms with E-state index in [1.54, 1.807) is 12.1 Å². The highest BCUT2D eigenvalue weighted by Crippen LogP contribution is 2.28. The van der Waals surface area contributed by atoms with E-state index in [-0.39, 0.29) is 0 Å². The number of aliphatic carboxylic acids is 1. The number of halogens is 1. The smallest absolute Gasteiger partial charge is 0.317 e. The van der Waals surface area contributed by atoms with Gasteiger partial charge < -0.3 is 5.11 Å². The summed E-state index contributed by atoms with van der Waals surface area (Å²) < 4.78 is 0. The number of aryl methyl sites for hydroxylation is 2. The van der Waals surface area contributed by atoms with Crippen LogP contribution in [0, 0.1) is 13.8 Å². The SMILES string of the molecule is Cc1ccc(C)c(CC(Sc2ccc(Cl)cc2)C(=O)O)c1. The van der Waals surface area contributed by atoms with Crippen molar-refractivity contribution < 1.29 is 9.90 Å². The van der Waals surface area contributed by atoms with E-state index in [0.29, 0.717) is 11.4 Å². The van der Waals surface area contributed by atoms with Gasteiger partial charge in [-0.2, -0.15) is 0 Å². The zero-order valence-corrected chi connectivity index (χ0v) is 13.5. The lowest BCUT2D eigenvalue weighted by Crippen LogP contribution is -2.19. The molecular weight excluding hydrogens is 304 g/mol. The number of carboxylic acids is 1. The average molecular weight is 321 g/mol. The topological polar surface area (TPSA) is 37.3 Å². The Labute approximate surface area is 134 Å². The summed E-state index contributed by atoms with van der Waals surface area (Å²) >= 11 is 7.21. The van der Waals surface area contributed by atoms with Crippen molar-refractivity contribution in [3.63, 3.8) is 0 Å². The molecule has 0 saturated carbocycles. The van der Waals surface area contributed by atoms with Crippen LogP contribution in [0.4, 0.5) is 0 Å². The predicted octanol–water partition coefficient (Wildman–Crippen LogP) is 4.74. The third-order valence-corrected chi connectivity index (χ3v) is 4.73. The van der Waals surface area contributed by atoms with Crippen molar-refractivity contribution in [2.24, 2.45) is 0 Å². The molecule has 0 radical (unpaired) electrons. The van der Waals surface area contributed by atoms with Gasteiger partial charge in [0.15, 0.2) is 0 Å². The molecule has 0 fully saturated rings. The molecule has 0 saturated heterocycles. The minimum absolute atomic E-state index is 0.508. The second-order valence-electron chi connectivity index (χ2n) is 5.03. The Morgan fingerprint density at radius 3 is 2.48 bits per heavy atom. The van der Waals surface area contributed by atoms with Crippen LogP contribution in [0.25, 0.3) is 0 Å². The maximum absolute atomic E-state index is 11.5. The van der Waals surface area contributed by atoms with Gasteiger partial charge in [-0.3, -0.25) is 4.79 Å². The number of carbonyl (C=O) groups is 1. The van der Waals surface area contributed by atoms with E-state index in [2.05, 4.69) is 6.07 Å². The summed E-state index contributed by atoms with van der Waals surface area (Å²) in [7, 11) is 0. The molecule has 2 nitrogen and oxygen atoms in total. The van der Waals surface area contributed by atoms with Crippen LogP contribution < -0.4 is 0 Å². The Balaban J connectivity index is 2.17. The van der Waals surface area contributed by atoms with E-state index < -0.39 is 11.2 Å². The lowest BCUT2D eigenvalue weighted by Gasteiger charge is -2.14. The average Bonchev–Trinajstić information content (AvgIpc) is 2.44. The fraction of sp³-hybridized carbons (Fsp3) is 0.235. The van der Waals surface area contributed by atoms with Gasteiger partial charge in [0.1, 0.15) is 5.25 Å². The van der Waals surface area contributed by atoms with Gasteiger partial charge in [0.25, 0.3) is 0 Å². The number of rotatable bonds is 5. The van der Waals surface area contributed by atoms with E-state index in [1.165, 1.54) is 11.8 Å². The fourth-order valence-electron chi connectivity index (χ4n) is 2.08. The lowest BCUT2D eigenvalue weighted by molar-refractivity contribution is -0.136. The molecule has 2 aromatic rings. The van der Waals surface area contributed by atoms with E-state index in [9.17, 15) is 9.90 Å². The molecule has 4 heteroatoms. The van der Waals surface area contributed by atoms with Crippen molar-refractivity contribution in [1.82, 2.24) is 0 Å². The van der Waals surface area contributed by atoms with Crippen LogP contribution in [0.2, 0.25) is 5.02 Å². The van der Waals surface area contributed by atoms with Crippen LogP contribution in [-0.2, 0) is 11.2 Å². The largest absolute Gasteiger partial charge is 0.480 e. The Bertz CT molecular complexity index is 638. The molecule has 2 aromatic carbocycles. The van der Waals surface area contributed by atoms with Gasteiger partial charge in [0, 0.05) is 9.92 Å².